The number of benzene rings is 2. The van der Waals surface area contributed by atoms with Crippen molar-refractivity contribution in [3.8, 4) is 23.0 Å². The van der Waals surface area contributed by atoms with E-state index in [9.17, 15) is 5.11 Å². The van der Waals surface area contributed by atoms with Gasteiger partial charge in [0.05, 0.1) is 21.3 Å². The standard InChI is InChI=1S/C21H24N2O4/c1-6-14-12(2)22-23-21(13-7-8-17(24)18(9-13)25-3)16-11-20(27-5)19(26-4)10-15(14)16/h7-11,14,24H,6H2,1-5H3. The molecule has 27 heavy (non-hydrogen) atoms. The molecule has 0 bridgehead atoms. The van der Waals surface area contributed by atoms with Gasteiger partial charge in [-0.15, -0.1) is 5.10 Å². The van der Waals surface area contributed by atoms with Gasteiger partial charge in [0.25, 0.3) is 0 Å². The van der Waals surface area contributed by atoms with E-state index < -0.39 is 0 Å². The molecular weight excluding hydrogens is 344 g/mol. The summed E-state index contributed by atoms with van der Waals surface area (Å²) < 4.78 is 16.3. The lowest BCUT2D eigenvalue weighted by atomic mass is 9.85. The van der Waals surface area contributed by atoms with E-state index in [0.29, 0.717) is 23.0 Å². The van der Waals surface area contributed by atoms with Crippen LogP contribution in [0.2, 0.25) is 0 Å². The highest BCUT2D eigenvalue weighted by Crippen LogP contribution is 2.38. The van der Waals surface area contributed by atoms with Crippen molar-refractivity contribution in [2.24, 2.45) is 10.2 Å². The lowest BCUT2D eigenvalue weighted by Gasteiger charge is -2.20. The normalized spacial score (nSPS) is 16.0. The summed E-state index contributed by atoms with van der Waals surface area (Å²) >= 11 is 0. The third kappa shape index (κ3) is 3.35. The molecule has 1 aliphatic heterocycles. The lowest BCUT2D eigenvalue weighted by molar-refractivity contribution is 0.354. The van der Waals surface area contributed by atoms with Crippen LogP contribution in [-0.2, 0) is 0 Å². The van der Waals surface area contributed by atoms with Crippen molar-refractivity contribution in [1.29, 1.82) is 0 Å². The van der Waals surface area contributed by atoms with Gasteiger partial charge in [0.15, 0.2) is 23.0 Å². The first-order chi connectivity index (χ1) is 13.0. The van der Waals surface area contributed by atoms with Crippen LogP contribution in [0.25, 0.3) is 0 Å². The summed E-state index contributed by atoms with van der Waals surface area (Å²) in [6, 6.07) is 9.08. The molecule has 1 heterocycles. The maximum atomic E-state index is 9.93. The number of ether oxygens (including phenoxy) is 3. The highest BCUT2D eigenvalue weighted by Gasteiger charge is 2.26. The van der Waals surface area contributed by atoms with E-state index in [2.05, 4.69) is 17.1 Å². The zero-order valence-electron chi connectivity index (χ0n) is 16.2. The summed E-state index contributed by atoms with van der Waals surface area (Å²) in [5.41, 5.74) is 4.44. The number of phenolic OH excluding ortho intramolecular Hbond substituents is 1. The first kappa shape index (κ1) is 18.8. The highest BCUT2D eigenvalue weighted by atomic mass is 16.5. The average molecular weight is 368 g/mol. The molecule has 6 heteroatoms. The number of methoxy groups -OCH3 is 3. The van der Waals surface area contributed by atoms with Gasteiger partial charge in [0, 0.05) is 22.8 Å². The van der Waals surface area contributed by atoms with Crippen LogP contribution in [-0.4, -0.2) is 37.9 Å². The van der Waals surface area contributed by atoms with Gasteiger partial charge in [0.1, 0.15) is 5.71 Å². The number of rotatable bonds is 5. The maximum Gasteiger partial charge on any atom is 0.161 e. The van der Waals surface area contributed by atoms with E-state index in [4.69, 9.17) is 14.2 Å². The minimum atomic E-state index is 0.0779. The third-order valence-electron chi connectivity index (χ3n) is 4.86. The Morgan fingerprint density at radius 2 is 1.59 bits per heavy atom. The Balaban J connectivity index is 2.27. The second-order valence-electron chi connectivity index (χ2n) is 6.33. The van der Waals surface area contributed by atoms with Gasteiger partial charge in [-0.25, -0.2) is 0 Å². The summed E-state index contributed by atoms with van der Waals surface area (Å²) in [5, 5.41) is 18.9. The summed E-state index contributed by atoms with van der Waals surface area (Å²) in [6.07, 6.45) is 0.888. The van der Waals surface area contributed by atoms with Crippen molar-refractivity contribution in [3.63, 3.8) is 0 Å². The molecule has 3 rings (SSSR count). The van der Waals surface area contributed by atoms with E-state index in [0.717, 1.165) is 28.8 Å². The van der Waals surface area contributed by atoms with Gasteiger partial charge in [-0.3, -0.25) is 0 Å². The number of hydrogen-bond acceptors (Lipinski definition) is 6. The smallest absolute Gasteiger partial charge is 0.161 e. The number of nitrogens with zero attached hydrogens (tertiary/aromatic N) is 2. The van der Waals surface area contributed by atoms with Gasteiger partial charge < -0.3 is 19.3 Å². The molecule has 1 unspecified atom stereocenters. The number of hydrogen-bond donors (Lipinski definition) is 1. The number of aromatic hydroxyl groups is 1. The molecule has 1 atom stereocenters. The fraction of sp³-hybridized carbons (Fsp3) is 0.333. The zero-order valence-corrected chi connectivity index (χ0v) is 16.2. The second kappa shape index (κ2) is 7.70. The fourth-order valence-corrected chi connectivity index (χ4v) is 3.42. The van der Waals surface area contributed by atoms with E-state index in [1.54, 1.807) is 32.4 Å². The predicted molar refractivity (Wildman–Crippen MR) is 106 cm³/mol. The Hall–Kier alpha value is -3.02. The van der Waals surface area contributed by atoms with Crippen LogP contribution in [0, 0.1) is 0 Å². The Morgan fingerprint density at radius 1 is 0.926 bits per heavy atom. The molecule has 0 fully saturated rings. The van der Waals surface area contributed by atoms with Crippen molar-refractivity contribution >= 4 is 11.4 Å². The summed E-state index contributed by atoms with van der Waals surface area (Å²) in [5.74, 6) is 1.89. The van der Waals surface area contributed by atoms with Crippen LogP contribution in [0.15, 0.2) is 40.5 Å². The Labute approximate surface area is 159 Å². The highest BCUT2D eigenvalue weighted by molar-refractivity contribution is 6.16. The van der Waals surface area contributed by atoms with Crippen LogP contribution in [0.4, 0.5) is 0 Å². The number of phenols is 1. The molecule has 0 saturated carbocycles. The van der Waals surface area contributed by atoms with E-state index in [-0.39, 0.29) is 11.7 Å². The Bertz CT molecular complexity index is 919. The van der Waals surface area contributed by atoms with Crippen LogP contribution >= 0.6 is 0 Å². The molecule has 0 aromatic heterocycles. The molecule has 2 aromatic rings. The van der Waals surface area contributed by atoms with Crippen LogP contribution in [0.3, 0.4) is 0 Å². The minimum Gasteiger partial charge on any atom is -0.504 e. The topological polar surface area (TPSA) is 72.6 Å². The minimum absolute atomic E-state index is 0.0779. The first-order valence-corrected chi connectivity index (χ1v) is 8.79. The molecule has 0 amide bonds. The quantitative estimate of drug-likeness (QED) is 0.861. The maximum absolute atomic E-state index is 9.93. The molecule has 0 radical (unpaired) electrons. The fourth-order valence-electron chi connectivity index (χ4n) is 3.42. The molecule has 2 aromatic carbocycles. The third-order valence-corrected chi connectivity index (χ3v) is 4.86. The summed E-state index contributed by atoms with van der Waals surface area (Å²) in [6.45, 7) is 4.11. The van der Waals surface area contributed by atoms with E-state index in [1.807, 2.05) is 19.1 Å². The van der Waals surface area contributed by atoms with Crippen LogP contribution in [0.5, 0.6) is 23.0 Å². The summed E-state index contributed by atoms with van der Waals surface area (Å²) in [4.78, 5) is 0. The molecular formula is C21H24N2O4. The largest absolute Gasteiger partial charge is 0.504 e. The van der Waals surface area contributed by atoms with Crippen LogP contribution in [0.1, 0.15) is 42.9 Å². The molecule has 1 aliphatic rings. The van der Waals surface area contributed by atoms with Crippen molar-refractivity contribution in [1.82, 2.24) is 0 Å². The van der Waals surface area contributed by atoms with Gasteiger partial charge in [-0.05, 0) is 49.2 Å². The summed E-state index contributed by atoms with van der Waals surface area (Å²) in [7, 11) is 4.76. The SMILES string of the molecule is CCC1C(C)=NN=C(c2ccc(O)c(OC)c2)c2cc(OC)c(OC)cc21. The van der Waals surface area contributed by atoms with Crippen molar-refractivity contribution in [3.05, 3.63) is 47.0 Å². The van der Waals surface area contributed by atoms with Crippen LogP contribution < -0.4 is 14.2 Å². The average Bonchev–Trinajstić information content (AvgIpc) is 2.82. The van der Waals surface area contributed by atoms with Gasteiger partial charge in [0.2, 0.25) is 0 Å². The van der Waals surface area contributed by atoms with Gasteiger partial charge in [-0.1, -0.05) is 6.92 Å². The molecule has 1 N–H and O–H groups in total. The van der Waals surface area contributed by atoms with E-state index in [1.165, 1.54) is 7.11 Å². The second-order valence-corrected chi connectivity index (χ2v) is 6.33. The zero-order chi connectivity index (χ0) is 19.6. The lowest BCUT2D eigenvalue weighted by Crippen LogP contribution is -2.13. The Kier molecular flexibility index (Phi) is 5.35. The predicted octanol–water partition coefficient (Wildman–Crippen LogP) is 4.14. The van der Waals surface area contributed by atoms with Crippen molar-refractivity contribution in [2.45, 2.75) is 26.2 Å². The molecule has 0 aliphatic carbocycles. The number of fused-ring (bicyclic) bond motifs is 1. The molecule has 0 spiro atoms. The molecule has 6 nitrogen and oxygen atoms in total. The molecule has 0 saturated heterocycles. The van der Waals surface area contributed by atoms with Crippen molar-refractivity contribution in [2.75, 3.05) is 21.3 Å². The Morgan fingerprint density at radius 3 is 2.22 bits per heavy atom. The van der Waals surface area contributed by atoms with Gasteiger partial charge in [-0.2, -0.15) is 5.10 Å². The van der Waals surface area contributed by atoms with Gasteiger partial charge >= 0.3 is 0 Å². The van der Waals surface area contributed by atoms with E-state index >= 15 is 0 Å². The molecule has 142 valence electrons. The van der Waals surface area contributed by atoms with Crippen molar-refractivity contribution < 1.29 is 19.3 Å². The first-order valence-electron chi connectivity index (χ1n) is 8.79. The monoisotopic (exact) mass is 368 g/mol.